The van der Waals surface area contributed by atoms with Crippen LogP contribution >= 0.6 is 0 Å². The minimum atomic E-state index is 0.259. The molecule has 1 aromatic heterocycles. The fourth-order valence-corrected chi connectivity index (χ4v) is 2.11. The molecule has 1 aromatic carbocycles. The van der Waals surface area contributed by atoms with Gasteiger partial charge in [-0.15, -0.1) is 0 Å². The number of nitrogens with two attached hydrogens (primary N) is 1. The van der Waals surface area contributed by atoms with Crippen LogP contribution in [0.1, 0.15) is 6.42 Å². The van der Waals surface area contributed by atoms with Gasteiger partial charge in [-0.1, -0.05) is 54.6 Å². The van der Waals surface area contributed by atoms with Crippen molar-refractivity contribution in [2.24, 2.45) is 0 Å². The third-order valence-electron chi connectivity index (χ3n) is 3.08. The summed E-state index contributed by atoms with van der Waals surface area (Å²) in [4.78, 5) is 8.54. The molecule has 0 saturated carbocycles. The Labute approximate surface area is 123 Å². The molecule has 0 radical (unpaired) electrons. The van der Waals surface area contributed by atoms with Crippen molar-refractivity contribution < 1.29 is 0 Å². The predicted octanol–water partition coefficient (Wildman–Crippen LogP) is 3.54. The minimum Gasteiger partial charge on any atom is -0.368 e. The van der Waals surface area contributed by atoms with Gasteiger partial charge in [0.15, 0.2) is 0 Å². The van der Waals surface area contributed by atoms with Gasteiger partial charge >= 0.3 is 0 Å². The number of hydrogen-bond acceptors (Lipinski definition) is 4. The molecule has 0 spiro atoms. The van der Waals surface area contributed by atoms with E-state index in [0.717, 1.165) is 23.4 Å². The summed E-state index contributed by atoms with van der Waals surface area (Å²) in [5.74, 6) is 0.953. The van der Waals surface area contributed by atoms with Crippen LogP contribution in [0, 0.1) is 0 Å². The summed E-state index contributed by atoms with van der Waals surface area (Å²) in [5.41, 5.74) is 8.64. The minimum absolute atomic E-state index is 0.259. The van der Waals surface area contributed by atoms with E-state index in [1.165, 1.54) is 0 Å². The molecule has 1 aliphatic carbocycles. The molecule has 1 aliphatic rings. The number of nitrogens with zero attached hydrogens (tertiary/aromatic N) is 2. The molecule has 21 heavy (non-hydrogen) atoms. The number of rotatable bonds is 3. The van der Waals surface area contributed by atoms with Gasteiger partial charge in [0.1, 0.15) is 5.82 Å². The molecular weight excluding hydrogens is 260 g/mol. The van der Waals surface area contributed by atoms with Crippen molar-refractivity contribution in [3.8, 4) is 11.3 Å². The normalized spacial score (nSPS) is 13.6. The molecule has 2 aromatic rings. The molecule has 0 unspecified atom stereocenters. The Balaban J connectivity index is 1.90. The van der Waals surface area contributed by atoms with Gasteiger partial charge in [-0.25, -0.2) is 4.98 Å². The first-order chi connectivity index (χ1) is 10.3. The van der Waals surface area contributed by atoms with Crippen molar-refractivity contribution in [1.82, 2.24) is 9.97 Å². The average molecular weight is 276 g/mol. The Morgan fingerprint density at radius 3 is 2.76 bits per heavy atom. The third kappa shape index (κ3) is 3.36. The molecule has 3 rings (SSSR count). The van der Waals surface area contributed by atoms with E-state index < -0.39 is 0 Å². The van der Waals surface area contributed by atoms with E-state index in [1.807, 2.05) is 54.6 Å². The second-order valence-electron chi connectivity index (χ2n) is 4.67. The quantitative estimate of drug-likeness (QED) is 0.900. The lowest BCUT2D eigenvalue weighted by Crippen LogP contribution is -2.04. The zero-order chi connectivity index (χ0) is 14.5. The van der Waals surface area contributed by atoms with E-state index in [2.05, 4.69) is 27.4 Å². The van der Waals surface area contributed by atoms with Crippen LogP contribution in [0.2, 0.25) is 0 Å². The maximum atomic E-state index is 5.82. The van der Waals surface area contributed by atoms with Gasteiger partial charge in [0, 0.05) is 17.3 Å². The van der Waals surface area contributed by atoms with Gasteiger partial charge in [-0.3, -0.25) is 0 Å². The van der Waals surface area contributed by atoms with Gasteiger partial charge < -0.3 is 11.1 Å². The number of hydrogen-bond donors (Lipinski definition) is 2. The highest BCUT2D eigenvalue weighted by molar-refractivity contribution is 5.65. The summed E-state index contributed by atoms with van der Waals surface area (Å²) in [7, 11) is 0. The lowest BCUT2D eigenvalue weighted by atomic mass is 10.1. The highest BCUT2D eigenvalue weighted by atomic mass is 15.1. The number of nitrogen functional groups attached to an aromatic ring is 1. The summed E-state index contributed by atoms with van der Waals surface area (Å²) in [6.07, 6.45) is 11.1. The molecular formula is C17H16N4. The Morgan fingerprint density at radius 2 is 1.90 bits per heavy atom. The third-order valence-corrected chi connectivity index (χ3v) is 3.08. The van der Waals surface area contributed by atoms with Gasteiger partial charge in [-0.2, -0.15) is 4.98 Å². The van der Waals surface area contributed by atoms with Crippen molar-refractivity contribution in [1.29, 1.82) is 0 Å². The first-order valence-corrected chi connectivity index (χ1v) is 6.81. The summed E-state index contributed by atoms with van der Waals surface area (Å²) in [6.45, 7) is 0. The first-order valence-electron chi connectivity index (χ1n) is 6.81. The van der Waals surface area contributed by atoms with E-state index >= 15 is 0 Å². The molecule has 0 amide bonds. The lowest BCUT2D eigenvalue weighted by Gasteiger charge is -2.09. The summed E-state index contributed by atoms with van der Waals surface area (Å²) < 4.78 is 0. The van der Waals surface area contributed by atoms with Crippen LogP contribution in [0.15, 0.2) is 72.5 Å². The number of nitrogens with one attached hydrogen (secondary N) is 1. The smallest absolute Gasteiger partial charge is 0.222 e. The van der Waals surface area contributed by atoms with E-state index in [1.54, 1.807) is 0 Å². The monoisotopic (exact) mass is 276 g/mol. The molecule has 0 fully saturated rings. The van der Waals surface area contributed by atoms with Crippen LogP contribution in [0.4, 0.5) is 11.8 Å². The molecule has 3 N–H and O–H groups in total. The highest BCUT2D eigenvalue weighted by Crippen LogP contribution is 2.21. The molecule has 0 aliphatic heterocycles. The summed E-state index contributed by atoms with van der Waals surface area (Å²) >= 11 is 0. The Bertz CT molecular complexity index is 715. The van der Waals surface area contributed by atoms with Crippen LogP contribution in [-0.4, -0.2) is 9.97 Å². The summed E-state index contributed by atoms with van der Waals surface area (Å²) in [5, 5.41) is 3.28. The van der Waals surface area contributed by atoms with Crippen LogP contribution < -0.4 is 11.1 Å². The second kappa shape index (κ2) is 6.05. The van der Waals surface area contributed by atoms with Crippen molar-refractivity contribution in [3.63, 3.8) is 0 Å². The molecule has 0 atom stereocenters. The van der Waals surface area contributed by atoms with E-state index in [-0.39, 0.29) is 5.95 Å². The van der Waals surface area contributed by atoms with E-state index in [9.17, 15) is 0 Å². The van der Waals surface area contributed by atoms with Crippen LogP contribution in [0.5, 0.6) is 0 Å². The molecule has 104 valence electrons. The lowest BCUT2D eigenvalue weighted by molar-refractivity contribution is 1.18. The average Bonchev–Trinajstić information content (AvgIpc) is 2.76. The second-order valence-corrected chi connectivity index (χ2v) is 4.67. The molecule has 4 heteroatoms. The predicted molar refractivity (Wildman–Crippen MR) is 86.5 cm³/mol. The molecule has 4 nitrogen and oxygen atoms in total. The fourth-order valence-electron chi connectivity index (χ4n) is 2.11. The SMILES string of the molecule is Nc1nc(NC2=CCC=CC=C2)cc(-c2ccccc2)n1. The van der Waals surface area contributed by atoms with Gasteiger partial charge in [0.2, 0.25) is 5.95 Å². The largest absolute Gasteiger partial charge is 0.368 e. The highest BCUT2D eigenvalue weighted by Gasteiger charge is 2.05. The van der Waals surface area contributed by atoms with E-state index in [0.29, 0.717) is 5.82 Å². The van der Waals surface area contributed by atoms with Crippen molar-refractivity contribution in [2.45, 2.75) is 6.42 Å². The van der Waals surface area contributed by atoms with E-state index in [4.69, 9.17) is 5.73 Å². The first kappa shape index (κ1) is 13.1. The maximum Gasteiger partial charge on any atom is 0.222 e. The number of aromatic nitrogens is 2. The van der Waals surface area contributed by atoms with Crippen molar-refractivity contribution in [2.75, 3.05) is 11.1 Å². The Hall–Kier alpha value is -2.88. The van der Waals surface area contributed by atoms with Gasteiger partial charge in [-0.05, 0) is 12.5 Å². The number of allylic oxidation sites excluding steroid dienone is 5. The topological polar surface area (TPSA) is 63.8 Å². The van der Waals surface area contributed by atoms with Crippen molar-refractivity contribution >= 4 is 11.8 Å². The maximum absolute atomic E-state index is 5.82. The molecule has 0 bridgehead atoms. The molecule has 1 heterocycles. The van der Waals surface area contributed by atoms with Gasteiger partial charge in [0.05, 0.1) is 5.69 Å². The van der Waals surface area contributed by atoms with Crippen LogP contribution in [-0.2, 0) is 0 Å². The number of anilines is 2. The van der Waals surface area contributed by atoms with Crippen LogP contribution in [0.25, 0.3) is 11.3 Å². The van der Waals surface area contributed by atoms with Crippen LogP contribution in [0.3, 0.4) is 0 Å². The zero-order valence-corrected chi connectivity index (χ0v) is 11.5. The van der Waals surface area contributed by atoms with Crippen molar-refractivity contribution in [3.05, 3.63) is 72.5 Å². The standard InChI is InChI=1S/C17H16N4/c18-17-20-15(13-8-4-3-5-9-13)12-16(21-17)19-14-10-6-1-2-7-11-14/h1-6,8-12H,7H2,(H3,18,19,20,21). The summed E-state index contributed by atoms with van der Waals surface area (Å²) in [6, 6.07) is 11.8. The van der Waals surface area contributed by atoms with Gasteiger partial charge in [0.25, 0.3) is 0 Å². The Kier molecular flexibility index (Phi) is 3.78. The Morgan fingerprint density at radius 1 is 1.05 bits per heavy atom. The number of benzene rings is 1. The zero-order valence-electron chi connectivity index (χ0n) is 11.5. The molecule has 0 saturated heterocycles. The fraction of sp³-hybridized carbons (Fsp3) is 0.0588.